The summed E-state index contributed by atoms with van der Waals surface area (Å²) in [5, 5.41) is -2.92. The normalized spacial score (nSPS) is 18.2. The third-order valence-electron chi connectivity index (χ3n) is 13.3. The van der Waals surface area contributed by atoms with Crippen LogP contribution in [0.5, 0.6) is 34.5 Å². The van der Waals surface area contributed by atoms with E-state index in [2.05, 4.69) is 127 Å². The third-order valence-corrected chi connectivity index (χ3v) is 21.9. The fraction of sp³-hybridized carbons (Fsp3) is 0.173. The first kappa shape index (κ1) is 52.0. The van der Waals surface area contributed by atoms with Crippen molar-refractivity contribution >= 4 is 153 Å². The number of nitrogens with zero attached hydrogens (tertiary/aromatic N) is 2. The molecule has 5 aliphatic rings. The van der Waals surface area contributed by atoms with Gasteiger partial charge in [-0.15, -0.1) is 0 Å². The molecule has 0 aromatic heterocycles. The van der Waals surface area contributed by atoms with E-state index in [0.29, 0.717) is 12.1 Å². The second-order valence-corrected chi connectivity index (χ2v) is 25.5. The first-order valence-electron chi connectivity index (χ1n) is 22.5. The molecule has 5 heterocycles. The van der Waals surface area contributed by atoms with Crippen molar-refractivity contribution in [2.24, 2.45) is 0 Å². The fourth-order valence-electron chi connectivity index (χ4n) is 10.1. The van der Waals surface area contributed by atoms with E-state index < -0.39 is 7.31 Å². The Bertz CT molecular complexity index is 3230. The van der Waals surface area contributed by atoms with Gasteiger partial charge in [-0.3, -0.25) is 4.90 Å². The molecule has 12 rings (SSSR count). The summed E-state index contributed by atoms with van der Waals surface area (Å²) in [7, 11) is -6.81. The van der Waals surface area contributed by atoms with Crippen LogP contribution >= 0.6 is 147 Å². The predicted octanol–water partition coefficient (Wildman–Crippen LogP) is 20.7. The van der Waals surface area contributed by atoms with Crippen molar-refractivity contribution in [3.8, 4) is 45.6 Å². The summed E-state index contributed by atoms with van der Waals surface area (Å²) >= 11 is 75.9. The molecule has 0 saturated heterocycles. The molecule has 7 aromatic carbocycles. The average molecular weight is 1240 g/mol. The first-order valence-corrected chi connectivity index (χ1v) is 29.3. The summed E-state index contributed by atoms with van der Waals surface area (Å²) in [6, 6.07) is 36.7. The van der Waals surface area contributed by atoms with Crippen LogP contribution in [-0.4, -0.2) is 15.7 Å². The van der Waals surface area contributed by atoms with Crippen LogP contribution in [0, 0.1) is 0 Å². The summed E-state index contributed by atoms with van der Waals surface area (Å²) in [6.07, 6.45) is 4.62. The molecule has 0 amide bonds. The Morgan fingerprint density at radius 1 is 0.425 bits per heavy atom. The van der Waals surface area contributed by atoms with E-state index in [4.69, 9.17) is 166 Å². The SMILES string of the molecule is CC[C@@H](c1ccccc1)N1Cc2cccc3c2-c2c(cccc2C[N+]([C@@H](CC)c2ccccc2)=C3)C1.Clc1c(Cl)c(Cl)c2c(c1Cl)O[P-]13(O2)(Oc2c(Cl)c(Cl)c(Cl)c(Cl)c2O1)Oc1c(Cl)c(Cl)c(Cl)c(Cl)c1O3. The van der Waals surface area contributed by atoms with Crippen molar-refractivity contribution in [1.29, 1.82) is 0 Å². The number of halogens is 12. The minimum absolute atomic E-state index is 0.205. The van der Waals surface area contributed by atoms with Crippen LogP contribution in [0.3, 0.4) is 0 Å². The molecular formula is C52H35Cl12N2O6P. The minimum atomic E-state index is -6.81. The standard InChI is InChI=1S/C34H35N2.C18Cl12O6P/c1-3-31(25-13-7-5-8-14-25)35-21-27-17-11-19-29-23-36(32(4-2)26-15-9-6-10-16-26)24-30-20-12-18-28(22-35)34(30)33(27)29;19-1-2(20)8(26)14-13(7(1)25)31-37(32-14,33-15-9(27)3(21)4(22)10(28)16(15)34-37)35-17-11(29)5(23)6(24)12(30)18(17)36-37/h5-21,31-32H,3-4,22-24H2,1-2H3;/q+1;-1/t31-,32-;/m0./s1. The Balaban J connectivity index is 0.000000157. The van der Waals surface area contributed by atoms with Gasteiger partial charge >= 0.3 is 268 Å². The van der Waals surface area contributed by atoms with Crippen LogP contribution in [0.15, 0.2) is 97.1 Å². The molecule has 378 valence electrons. The maximum absolute atomic E-state index is 6.81. The molecule has 2 atom stereocenters. The Labute approximate surface area is 479 Å². The van der Waals surface area contributed by atoms with E-state index in [1.807, 2.05) is 0 Å². The molecule has 0 saturated carbocycles. The van der Waals surface area contributed by atoms with Crippen LogP contribution in [0.25, 0.3) is 11.1 Å². The van der Waals surface area contributed by atoms with E-state index in [9.17, 15) is 0 Å². The molecule has 5 aliphatic heterocycles. The average Bonchev–Trinajstić information content (AvgIpc) is 3.90. The van der Waals surface area contributed by atoms with Crippen LogP contribution in [0.4, 0.5) is 0 Å². The molecule has 0 fully saturated rings. The Kier molecular flexibility index (Phi) is 13.4. The van der Waals surface area contributed by atoms with Gasteiger partial charge in [-0.2, -0.15) is 0 Å². The number of rotatable bonds is 6. The van der Waals surface area contributed by atoms with Gasteiger partial charge in [0.25, 0.3) is 0 Å². The van der Waals surface area contributed by atoms with Crippen molar-refractivity contribution in [2.45, 2.75) is 58.4 Å². The van der Waals surface area contributed by atoms with Crippen molar-refractivity contribution in [3.63, 3.8) is 0 Å². The molecule has 1 spiro atoms. The Hall–Kier alpha value is -3.12. The Morgan fingerprint density at radius 2 is 0.795 bits per heavy atom. The second-order valence-electron chi connectivity index (χ2n) is 17.6. The molecule has 8 nitrogen and oxygen atoms in total. The van der Waals surface area contributed by atoms with Gasteiger partial charge in [-0.05, 0) is 34.7 Å². The molecule has 0 unspecified atom stereocenters. The molecular weight excluding hydrogens is 1200 g/mol. The van der Waals surface area contributed by atoms with Crippen LogP contribution in [0.2, 0.25) is 60.3 Å². The molecule has 7 aromatic rings. The first-order chi connectivity index (χ1) is 34.9. The van der Waals surface area contributed by atoms with Crippen LogP contribution in [0.1, 0.15) is 72.2 Å². The topological polar surface area (TPSA) is 61.6 Å². The maximum atomic E-state index is 6.42. The van der Waals surface area contributed by atoms with Gasteiger partial charge in [0.2, 0.25) is 0 Å². The summed E-state index contributed by atoms with van der Waals surface area (Å²) in [5.74, 6) is -2.13. The zero-order chi connectivity index (χ0) is 51.5. The van der Waals surface area contributed by atoms with Crippen LogP contribution in [-0.2, 0) is 19.6 Å². The van der Waals surface area contributed by atoms with Crippen molar-refractivity contribution in [3.05, 3.63) is 191 Å². The van der Waals surface area contributed by atoms with E-state index in [1.165, 1.54) is 44.5 Å². The number of fused-ring (bicyclic) bond motifs is 3. The van der Waals surface area contributed by atoms with E-state index in [-0.39, 0.29) is 94.8 Å². The zero-order valence-electron chi connectivity index (χ0n) is 37.8. The van der Waals surface area contributed by atoms with Gasteiger partial charge in [0.05, 0.1) is 0 Å². The van der Waals surface area contributed by atoms with Gasteiger partial charge in [0.1, 0.15) is 0 Å². The van der Waals surface area contributed by atoms with Gasteiger partial charge in [-0.25, -0.2) is 4.58 Å². The molecule has 0 aliphatic carbocycles. The van der Waals surface area contributed by atoms with Crippen molar-refractivity contribution < 1.29 is 31.7 Å². The molecule has 73 heavy (non-hydrogen) atoms. The van der Waals surface area contributed by atoms with E-state index in [0.717, 1.165) is 32.5 Å². The fourth-order valence-corrected chi connectivity index (χ4v) is 17.0. The third kappa shape index (κ3) is 8.11. The van der Waals surface area contributed by atoms with E-state index >= 15 is 0 Å². The monoisotopic (exact) mass is 1230 g/mol. The zero-order valence-corrected chi connectivity index (χ0v) is 47.8. The second kappa shape index (κ2) is 18.8. The van der Waals surface area contributed by atoms with Gasteiger partial charge < -0.3 is 0 Å². The molecule has 0 radical (unpaired) electrons. The predicted molar refractivity (Wildman–Crippen MR) is 299 cm³/mol. The summed E-state index contributed by atoms with van der Waals surface area (Å²) in [5.41, 5.74) is 11.4. The Morgan fingerprint density at radius 3 is 1.19 bits per heavy atom. The number of hydrogen-bond acceptors (Lipinski definition) is 7. The van der Waals surface area contributed by atoms with Crippen molar-refractivity contribution in [1.82, 2.24) is 4.90 Å². The quantitative estimate of drug-likeness (QED) is 0.0711. The van der Waals surface area contributed by atoms with Gasteiger partial charge in [-0.1, -0.05) is 105 Å². The van der Waals surface area contributed by atoms with Gasteiger partial charge in [0, 0.05) is 47.8 Å². The van der Waals surface area contributed by atoms with Crippen molar-refractivity contribution in [2.75, 3.05) is 0 Å². The molecule has 21 heteroatoms. The summed E-state index contributed by atoms with van der Waals surface area (Å²) in [6.45, 7) is 7.50. The number of hydrogen-bond donors (Lipinski definition) is 0. The number of benzene rings is 7. The van der Waals surface area contributed by atoms with Gasteiger partial charge in [0.15, 0.2) is 18.8 Å². The van der Waals surface area contributed by atoms with E-state index in [1.54, 1.807) is 0 Å². The summed E-state index contributed by atoms with van der Waals surface area (Å²) < 4.78 is 39.4. The van der Waals surface area contributed by atoms with Crippen LogP contribution < -0.4 is 27.1 Å². The summed E-state index contributed by atoms with van der Waals surface area (Å²) in [4.78, 5) is 2.69. The molecule has 0 N–H and O–H groups in total. The molecule has 0 bridgehead atoms.